The monoisotopic (exact) mass is 441 g/mol. The van der Waals surface area contributed by atoms with Crippen LogP contribution >= 0.6 is 11.8 Å². The highest BCUT2D eigenvalue weighted by molar-refractivity contribution is 8.18. The van der Waals surface area contributed by atoms with E-state index in [4.69, 9.17) is 4.74 Å². The third-order valence-electron chi connectivity index (χ3n) is 5.51. The van der Waals surface area contributed by atoms with Crippen LogP contribution in [0.3, 0.4) is 0 Å². The quantitative estimate of drug-likeness (QED) is 0.524. The Balaban J connectivity index is 1.57. The van der Waals surface area contributed by atoms with Gasteiger partial charge in [-0.05, 0) is 43.2 Å². The van der Waals surface area contributed by atoms with Crippen LogP contribution in [0.15, 0.2) is 35.4 Å². The molecule has 0 N–H and O–H groups in total. The number of carbonyl (C=O) groups excluding carboxylic acids is 4. The molecule has 0 radical (unpaired) electrons. The molecule has 0 atom stereocenters. The number of para-hydroxylation sites is 1. The zero-order valence-corrected chi connectivity index (χ0v) is 18.0. The van der Waals surface area contributed by atoms with Gasteiger partial charge in [-0.2, -0.15) is 0 Å². The summed E-state index contributed by atoms with van der Waals surface area (Å²) in [6.07, 6.45) is 6.39. The van der Waals surface area contributed by atoms with Gasteiger partial charge in [0.2, 0.25) is 5.91 Å². The number of fused-ring (bicyclic) bond motifs is 1. The summed E-state index contributed by atoms with van der Waals surface area (Å²) < 4.78 is 6.50. The minimum absolute atomic E-state index is 0.0384. The molecule has 9 heteroatoms. The lowest BCUT2D eigenvalue weighted by molar-refractivity contribution is -0.141. The van der Waals surface area contributed by atoms with Crippen molar-refractivity contribution in [1.29, 1.82) is 0 Å². The van der Waals surface area contributed by atoms with E-state index < -0.39 is 11.1 Å². The molecule has 2 fully saturated rings. The van der Waals surface area contributed by atoms with Gasteiger partial charge in [0.25, 0.3) is 11.1 Å². The Morgan fingerprint density at radius 3 is 2.58 bits per heavy atom. The predicted molar refractivity (Wildman–Crippen MR) is 117 cm³/mol. The van der Waals surface area contributed by atoms with Gasteiger partial charge in [0.15, 0.2) is 0 Å². The lowest BCUT2D eigenvalue weighted by Gasteiger charge is -2.27. The molecule has 2 aliphatic heterocycles. The van der Waals surface area contributed by atoms with E-state index in [9.17, 15) is 19.2 Å². The number of hydrogen-bond acceptors (Lipinski definition) is 6. The van der Waals surface area contributed by atoms with Crippen molar-refractivity contribution in [1.82, 2.24) is 14.4 Å². The van der Waals surface area contributed by atoms with Crippen molar-refractivity contribution in [3.63, 3.8) is 0 Å². The Morgan fingerprint density at radius 1 is 1.10 bits per heavy atom. The molecule has 0 spiro atoms. The number of amides is 3. The van der Waals surface area contributed by atoms with Crippen LogP contribution in [-0.4, -0.2) is 64.1 Å². The van der Waals surface area contributed by atoms with E-state index in [2.05, 4.69) is 0 Å². The van der Waals surface area contributed by atoms with Crippen LogP contribution in [0.2, 0.25) is 0 Å². The summed E-state index contributed by atoms with van der Waals surface area (Å²) in [5.41, 5.74) is 1.53. The van der Waals surface area contributed by atoms with Crippen molar-refractivity contribution in [2.75, 3.05) is 26.7 Å². The number of thioether (sulfide) groups is 1. The SMILES string of the molecule is COC(=O)Cn1cc(/C=C2\SC(=O)N(CC(=O)N3CCCCC3)C2=O)c2ccccc21. The molecule has 1 aromatic heterocycles. The first kappa shape index (κ1) is 21.2. The van der Waals surface area contributed by atoms with Gasteiger partial charge in [-0.25, -0.2) is 0 Å². The molecular weight excluding hydrogens is 418 g/mol. The molecule has 1 aromatic carbocycles. The molecule has 8 nitrogen and oxygen atoms in total. The summed E-state index contributed by atoms with van der Waals surface area (Å²) >= 11 is 0.828. The van der Waals surface area contributed by atoms with Crippen LogP contribution < -0.4 is 0 Å². The van der Waals surface area contributed by atoms with Crippen LogP contribution in [0, 0.1) is 0 Å². The summed E-state index contributed by atoms with van der Waals surface area (Å²) in [6, 6.07) is 7.49. The number of esters is 1. The number of methoxy groups -OCH3 is 1. The number of piperidine rings is 1. The van der Waals surface area contributed by atoms with Crippen molar-refractivity contribution < 1.29 is 23.9 Å². The molecule has 3 amide bonds. The van der Waals surface area contributed by atoms with Crippen LogP contribution in [0.5, 0.6) is 0 Å². The predicted octanol–water partition coefficient (Wildman–Crippen LogP) is 2.86. The first-order valence-electron chi connectivity index (χ1n) is 10.2. The lowest BCUT2D eigenvalue weighted by Crippen LogP contribution is -2.44. The second kappa shape index (κ2) is 8.97. The number of ether oxygens (including phenoxy) is 1. The molecular formula is C22H23N3O5S. The van der Waals surface area contributed by atoms with Crippen molar-refractivity contribution >= 4 is 51.8 Å². The van der Waals surface area contributed by atoms with Crippen molar-refractivity contribution in [2.45, 2.75) is 25.8 Å². The highest BCUT2D eigenvalue weighted by atomic mass is 32.2. The number of imide groups is 1. The van der Waals surface area contributed by atoms with E-state index in [-0.39, 0.29) is 29.9 Å². The first-order valence-corrected chi connectivity index (χ1v) is 11.0. The number of carbonyl (C=O) groups is 4. The van der Waals surface area contributed by atoms with E-state index in [1.807, 2.05) is 24.3 Å². The van der Waals surface area contributed by atoms with Crippen LogP contribution in [0.1, 0.15) is 24.8 Å². The molecule has 2 saturated heterocycles. The van der Waals surface area contributed by atoms with E-state index in [0.29, 0.717) is 18.7 Å². The Bertz CT molecular complexity index is 1080. The molecule has 2 aliphatic rings. The topological polar surface area (TPSA) is 88.9 Å². The van der Waals surface area contributed by atoms with Crippen molar-refractivity contribution in [2.24, 2.45) is 0 Å². The maximum Gasteiger partial charge on any atom is 0.325 e. The number of aromatic nitrogens is 1. The largest absolute Gasteiger partial charge is 0.468 e. The van der Waals surface area contributed by atoms with Gasteiger partial charge in [0, 0.05) is 35.8 Å². The Labute approximate surface area is 183 Å². The van der Waals surface area contributed by atoms with E-state index in [1.165, 1.54) is 7.11 Å². The number of benzene rings is 1. The van der Waals surface area contributed by atoms with Gasteiger partial charge in [-0.3, -0.25) is 24.1 Å². The van der Waals surface area contributed by atoms with Gasteiger partial charge in [-0.1, -0.05) is 18.2 Å². The minimum Gasteiger partial charge on any atom is -0.468 e. The summed E-state index contributed by atoms with van der Waals surface area (Å²) in [6.45, 7) is 1.15. The van der Waals surface area contributed by atoms with Crippen LogP contribution in [0.25, 0.3) is 17.0 Å². The number of nitrogens with zero attached hydrogens (tertiary/aromatic N) is 3. The Kier molecular flexibility index (Phi) is 6.13. The first-order chi connectivity index (χ1) is 15.0. The molecule has 0 aliphatic carbocycles. The number of rotatable bonds is 5. The Morgan fingerprint density at radius 2 is 1.84 bits per heavy atom. The van der Waals surface area contributed by atoms with Gasteiger partial charge >= 0.3 is 5.97 Å². The van der Waals surface area contributed by atoms with Gasteiger partial charge in [0.05, 0.1) is 12.0 Å². The van der Waals surface area contributed by atoms with Crippen molar-refractivity contribution in [3.05, 3.63) is 40.9 Å². The number of hydrogen-bond donors (Lipinski definition) is 0. The zero-order chi connectivity index (χ0) is 22.0. The molecule has 3 heterocycles. The lowest BCUT2D eigenvalue weighted by atomic mass is 10.1. The van der Waals surface area contributed by atoms with Crippen LogP contribution in [0.4, 0.5) is 4.79 Å². The second-order valence-corrected chi connectivity index (χ2v) is 8.51. The van der Waals surface area contributed by atoms with Gasteiger partial charge in [-0.15, -0.1) is 0 Å². The highest BCUT2D eigenvalue weighted by Gasteiger charge is 2.37. The second-order valence-electron chi connectivity index (χ2n) is 7.51. The average Bonchev–Trinajstić information content (AvgIpc) is 3.26. The third kappa shape index (κ3) is 4.36. The van der Waals surface area contributed by atoms with E-state index in [1.54, 1.807) is 21.7 Å². The summed E-state index contributed by atoms with van der Waals surface area (Å²) in [4.78, 5) is 52.6. The normalized spacial score (nSPS) is 18.3. The maximum absolute atomic E-state index is 12.9. The van der Waals surface area contributed by atoms with Gasteiger partial charge < -0.3 is 14.2 Å². The van der Waals surface area contributed by atoms with Crippen molar-refractivity contribution in [3.8, 4) is 0 Å². The smallest absolute Gasteiger partial charge is 0.325 e. The molecule has 2 aromatic rings. The highest BCUT2D eigenvalue weighted by Crippen LogP contribution is 2.34. The third-order valence-corrected chi connectivity index (χ3v) is 6.42. The molecule has 4 rings (SSSR count). The maximum atomic E-state index is 12.9. The standard InChI is InChI=1S/C22H23N3O5S/c1-30-20(27)14-24-12-15(16-7-3-4-8-17(16)24)11-18-21(28)25(22(29)31-18)13-19(26)23-9-5-2-6-10-23/h3-4,7-8,11-12H,2,5-6,9-10,13-14H2,1H3/b18-11-. The average molecular weight is 442 g/mol. The van der Waals surface area contributed by atoms with E-state index >= 15 is 0 Å². The minimum atomic E-state index is -0.467. The fourth-order valence-electron chi connectivity index (χ4n) is 3.88. The fraction of sp³-hybridized carbons (Fsp3) is 0.364. The number of likely N-dealkylation sites (tertiary alicyclic amines) is 1. The van der Waals surface area contributed by atoms with E-state index in [0.717, 1.165) is 46.8 Å². The molecule has 0 unspecified atom stereocenters. The molecule has 0 bridgehead atoms. The summed E-state index contributed by atoms with van der Waals surface area (Å²) in [5.74, 6) is -1.05. The summed E-state index contributed by atoms with van der Waals surface area (Å²) in [5, 5.41) is 0.405. The summed E-state index contributed by atoms with van der Waals surface area (Å²) in [7, 11) is 1.33. The molecule has 31 heavy (non-hydrogen) atoms. The zero-order valence-electron chi connectivity index (χ0n) is 17.2. The Hall–Kier alpha value is -3.07. The fourth-order valence-corrected chi connectivity index (χ4v) is 4.71. The van der Waals surface area contributed by atoms with Gasteiger partial charge in [0.1, 0.15) is 13.1 Å². The van der Waals surface area contributed by atoms with Crippen LogP contribution in [-0.2, 0) is 25.7 Å². The molecule has 0 saturated carbocycles. The molecule has 162 valence electrons.